The molecule has 5 atom stereocenters. The molecule has 0 spiro atoms. The number of guanidine groups is 1. The van der Waals surface area contributed by atoms with Gasteiger partial charge in [0.15, 0.2) is 5.96 Å². The second-order valence-electron chi connectivity index (χ2n) is 8.84. The van der Waals surface area contributed by atoms with Crippen molar-refractivity contribution in [2.24, 2.45) is 39.6 Å². The van der Waals surface area contributed by atoms with Gasteiger partial charge in [0, 0.05) is 6.54 Å². The fourth-order valence-electron chi connectivity index (χ4n) is 3.33. The Hall–Kier alpha value is -3.46. The van der Waals surface area contributed by atoms with Gasteiger partial charge in [-0.2, -0.15) is 0 Å². The SMILES string of the molecule is CCC(C)C(NC(=O)C(CCCN=C(N)N)NC(=O)C(CCCCN)NC(=O)C(N)CC(N)=O)C(=O)O. The van der Waals surface area contributed by atoms with Crippen LogP contribution in [-0.2, 0) is 24.0 Å². The summed E-state index contributed by atoms with van der Waals surface area (Å²) in [7, 11) is 0. The summed E-state index contributed by atoms with van der Waals surface area (Å²) in [5.74, 6) is -4.64. The van der Waals surface area contributed by atoms with E-state index >= 15 is 0 Å². The molecule has 0 aliphatic carbocycles. The number of nitrogens with two attached hydrogens (primary N) is 5. The third kappa shape index (κ3) is 14.0. The number of nitrogens with zero attached hydrogens (tertiary/aromatic N) is 1. The van der Waals surface area contributed by atoms with E-state index in [0.717, 1.165) is 0 Å². The van der Waals surface area contributed by atoms with Gasteiger partial charge in [0.2, 0.25) is 23.6 Å². The molecule has 0 aromatic heterocycles. The number of hydrogen-bond donors (Lipinski definition) is 9. The van der Waals surface area contributed by atoms with Crippen molar-refractivity contribution in [1.82, 2.24) is 16.0 Å². The molecular weight excluding hydrogens is 486 g/mol. The first-order valence-electron chi connectivity index (χ1n) is 12.3. The van der Waals surface area contributed by atoms with Gasteiger partial charge >= 0.3 is 5.97 Å². The largest absolute Gasteiger partial charge is 0.480 e. The fourth-order valence-corrected chi connectivity index (χ4v) is 3.33. The van der Waals surface area contributed by atoms with Crippen molar-refractivity contribution in [3.8, 4) is 0 Å². The third-order valence-corrected chi connectivity index (χ3v) is 5.69. The van der Waals surface area contributed by atoms with Crippen LogP contribution in [-0.4, -0.2) is 77.9 Å². The summed E-state index contributed by atoms with van der Waals surface area (Å²) in [6.45, 7) is 4.02. The monoisotopic (exact) mass is 529 g/mol. The average Bonchev–Trinajstić information content (AvgIpc) is 2.82. The number of unbranched alkanes of at least 4 members (excludes halogenated alkanes) is 1. The van der Waals surface area contributed by atoms with Gasteiger partial charge in [-0.25, -0.2) is 4.79 Å². The summed E-state index contributed by atoms with van der Waals surface area (Å²) < 4.78 is 0. The van der Waals surface area contributed by atoms with Crippen molar-refractivity contribution in [1.29, 1.82) is 0 Å². The maximum Gasteiger partial charge on any atom is 0.326 e. The standard InChI is InChI=1S/C22H43N9O6/c1-3-12(2)17(21(36)37)31-20(35)15(8-6-10-28-22(26)27)30-19(34)14(7-4-5-9-23)29-18(33)13(24)11-16(25)32/h12-15,17H,3-11,23-24H2,1-2H3,(H2,25,32)(H,29,33)(H,30,34)(H,31,35)(H,36,37)(H4,26,27,28). The number of amides is 4. The molecule has 5 unspecified atom stereocenters. The lowest BCUT2D eigenvalue weighted by molar-refractivity contribution is -0.144. The molecule has 15 heteroatoms. The minimum absolute atomic E-state index is 0.0891. The van der Waals surface area contributed by atoms with Crippen molar-refractivity contribution < 1.29 is 29.1 Å². The molecule has 0 saturated heterocycles. The molecule has 0 bridgehead atoms. The molecule has 0 rings (SSSR count). The predicted octanol–water partition coefficient (Wildman–Crippen LogP) is -3.04. The zero-order chi connectivity index (χ0) is 28.5. The van der Waals surface area contributed by atoms with Crippen molar-refractivity contribution in [2.75, 3.05) is 13.1 Å². The molecular formula is C22H43N9O6. The molecule has 0 aromatic carbocycles. The Morgan fingerprint density at radius 3 is 1.89 bits per heavy atom. The molecule has 0 saturated carbocycles. The number of carboxylic acid groups (broad SMARTS) is 1. The minimum Gasteiger partial charge on any atom is -0.480 e. The zero-order valence-electron chi connectivity index (χ0n) is 21.6. The number of hydrogen-bond acceptors (Lipinski definition) is 8. The van der Waals surface area contributed by atoms with Gasteiger partial charge in [-0.15, -0.1) is 0 Å². The highest BCUT2D eigenvalue weighted by atomic mass is 16.4. The molecule has 37 heavy (non-hydrogen) atoms. The van der Waals surface area contributed by atoms with E-state index in [4.69, 9.17) is 28.7 Å². The number of rotatable bonds is 19. The zero-order valence-corrected chi connectivity index (χ0v) is 21.6. The highest BCUT2D eigenvalue weighted by Crippen LogP contribution is 2.10. The van der Waals surface area contributed by atoms with Crippen LogP contribution in [0.1, 0.15) is 58.8 Å². The molecule has 0 aliphatic heterocycles. The molecule has 4 amide bonds. The van der Waals surface area contributed by atoms with Crippen LogP contribution in [0.5, 0.6) is 0 Å². The number of aliphatic carboxylic acids is 1. The van der Waals surface area contributed by atoms with Crippen LogP contribution in [0, 0.1) is 5.92 Å². The fraction of sp³-hybridized carbons (Fsp3) is 0.727. The lowest BCUT2D eigenvalue weighted by Gasteiger charge is -2.26. The molecule has 212 valence electrons. The molecule has 0 aliphatic rings. The molecule has 0 heterocycles. The van der Waals surface area contributed by atoms with E-state index in [-0.39, 0.29) is 31.3 Å². The smallest absolute Gasteiger partial charge is 0.326 e. The van der Waals surface area contributed by atoms with Gasteiger partial charge in [-0.3, -0.25) is 24.2 Å². The number of primary amides is 1. The van der Waals surface area contributed by atoms with Crippen LogP contribution in [0.2, 0.25) is 0 Å². The summed E-state index contributed by atoms with van der Waals surface area (Å²) in [5, 5.41) is 17.1. The summed E-state index contributed by atoms with van der Waals surface area (Å²) in [5.41, 5.74) is 26.9. The van der Waals surface area contributed by atoms with Crippen molar-refractivity contribution >= 4 is 35.6 Å². The highest BCUT2D eigenvalue weighted by molar-refractivity contribution is 5.95. The Balaban J connectivity index is 5.70. The summed E-state index contributed by atoms with van der Waals surface area (Å²) >= 11 is 0. The maximum absolute atomic E-state index is 13.1. The second-order valence-corrected chi connectivity index (χ2v) is 8.84. The number of carboxylic acids is 1. The minimum atomic E-state index is -1.26. The van der Waals surface area contributed by atoms with Crippen LogP contribution in [0.25, 0.3) is 0 Å². The van der Waals surface area contributed by atoms with E-state index in [2.05, 4.69) is 20.9 Å². The first-order chi connectivity index (χ1) is 17.3. The van der Waals surface area contributed by atoms with Gasteiger partial charge in [0.25, 0.3) is 0 Å². The third-order valence-electron chi connectivity index (χ3n) is 5.69. The van der Waals surface area contributed by atoms with E-state index in [9.17, 15) is 29.1 Å². The van der Waals surface area contributed by atoms with Gasteiger partial charge in [-0.1, -0.05) is 20.3 Å². The molecule has 14 N–H and O–H groups in total. The molecule has 15 nitrogen and oxygen atoms in total. The van der Waals surface area contributed by atoms with E-state index < -0.39 is 60.2 Å². The van der Waals surface area contributed by atoms with Gasteiger partial charge in [0.05, 0.1) is 12.5 Å². The average molecular weight is 530 g/mol. The first-order valence-corrected chi connectivity index (χ1v) is 12.3. The van der Waals surface area contributed by atoms with E-state index in [1.807, 2.05) is 0 Å². The summed E-state index contributed by atoms with van der Waals surface area (Å²) in [4.78, 5) is 65.2. The van der Waals surface area contributed by atoms with Crippen molar-refractivity contribution in [2.45, 2.75) is 83.0 Å². The van der Waals surface area contributed by atoms with E-state index in [0.29, 0.717) is 32.2 Å². The quantitative estimate of drug-likeness (QED) is 0.0463. The summed E-state index contributed by atoms with van der Waals surface area (Å²) in [6.07, 6.45) is 1.72. The lowest BCUT2D eigenvalue weighted by atomic mass is 9.98. The van der Waals surface area contributed by atoms with E-state index in [1.54, 1.807) is 13.8 Å². The van der Waals surface area contributed by atoms with Crippen molar-refractivity contribution in [3.63, 3.8) is 0 Å². The van der Waals surface area contributed by atoms with Crippen LogP contribution < -0.4 is 44.6 Å². The Bertz CT molecular complexity index is 804. The van der Waals surface area contributed by atoms with Crippen LogP contribution in [0.15, 0.2) is 4.99 Å². The second kappa shape index (κ2) is 17.9. The summed E-state index contributed by atoms with van der Waals surface area (Å²) in [6, 6.07) is -4.65. The van der Waals surface area contributed by atoms with Crippen LogP contribution in [0.4, 0.5) is 0 Å². The topological polar surface area (TPSA) is 284 Å². The van der Waals surface area contributed by atoms with Gasteiger partial charge in [0.1, 0.15) is 18.1 Å². The normalized spacial score (nSPS) is 14.8. The highest BCUT2D eigenvalue weighted by Gasteiger charge is 2.31. The Morgan fingerprint density at radius 1 is 0.865 bits per heavy atom. The molecule has 0 fully saturated rings. The Morgan fingerprint density at radius 2 is 1.41 bits per heavy atom. The van der Waals surface area contributed by atoms with Crippen LogP contribution >= 0.6 is 0 Å². The predicted molar refractivity (Wildman–Crippen MR) is 137 cm³/mol. The number of carbonyl (C=O) groups excluding carboxylic acids is 4. The van der Waals surface area contributed by atoms with E-state index in [1.165, 1.54) is 0 Å². The van der Waals surface area contributed by atoms with Gasteiger partial charge in [-0.05, 0) is 44.6 Å². The maximum atomic E-state index is 13.1. The molecule has 0 aromatic rings. The Labute approximate surface area is 216 Å². The first kappa shape index (κ1) is 33.5. The number of aliphatic imine (C=N–C) groups is 1. The number of nitrogens with one attached hydrogen (secondary N) is 3. The lowest BCUT2D eigenvalue weighted by Crippen LogP contribution is -2.57. The molecule has 0 radical (unpaired) electrons. The number of carbonyl (C=O) groups is 5. The van der Waals surface area contributed by atoms with Gasteiger partial charge < -0.3 is 49.7 Å². The van der Waals surface area contributed by atoms with Crippen LogP contribution in [0.3, 0.4) is 0 Å². The van der Waals surface area contributed by atoms with Crippen molar-refractivity contribution in [3.05, 3.63) is 0 Å². The Kier molecular flexibility index (Phi) is 16.2.